The lowest BCUT2D eigenvalue weighted by Gasteiger charge is -2.33. The topological polar surface area (TPSA) is 77.3 Å². The van der Waals surface area contributed by atoms with Gasteiger partial charge in [-0.15, -0.1) is 10.2 Å². The molecule has 1 amide bonds. The molecule has 2 aromatic rings. The maximum absolute atomic E-state index is 12.7. The van der Waals surface area contributed by atoms with E-state index in [1.165, 1.54) is 7.11 Å². The van der Waals surface area contributed by atoms with Gasteiger partial charge in [0.05, 0.1) is 18.7 Å². The molecule has 0 bridgehead atoms. The number of esters is 1. The van der Waals surface area contributed by atoms with Gasteiger partial charge in [-0.05, 0) is 25.1 Å². The van der Waals surface area contributed by atoms with E-state index in [1.54, 1.807) is 35.5 Å². The molecule has 2 heterocycles. The summed E-state index contributed by atoms with van der Waals surface area (Å²) in [7, 11) is 1.32. The van der Waals surface area contributed by atoms with Crippen LogP contribution in [0.25, 0.3) is 0 Å². The molecule has 0 N–H and O–H groups in total. The van der Waals surface area contributed by atoms with Gasteiger partial charge in [-0.25, -0.2) is 4.79 Å². The van der Waals surface area contributed by atoms with Crippen molar-refractivity contribution in [2.75, 3.05) is 13.7 Å². The number of carbonyl (C=O) groups excluding carboxylic acids is 2. The minimum atomic E-state index is -0.457. The fourth-order valence-electron chi connectivity index (χ4n) is 2.65. The highest BCUT2D eigenvalue weighted by atomic mass is 16.5. The van der Waals surface area contributed by atoms with Crippen molar-refractivity contribution in [2.24, 2.45) is 0 Å². The zero-order valence-electron chi connectivity index (χ0n) is 12.4. The first-order chi connectivity index (χ1) is 10.6. The van der Waals surface area contributed by atoms with Crippen molar-refractivity contribution < 1.29 is 14.3 Å². The molecule has 7 nitrogen and oxygen atoms in total. The van der Waals surface area contributed by atoms with Crippen LogP contribution in [-0.2, 0) is 11.3 Å². The number of nitrogens with zero attached hydrogens (tertiary/aromatic N) is 4. The number of rotatable bonds is 2. The van der Waals surface area contributed by atoms with Crippen molar-refractivity contribution >= 4 is 11.9 Å². The standard InChI is InChI=1S/C15H16N4O3/c1-10-13-17-16-9-18(13)6-7-19(10)14(20)11-4-3-5-12(8-11)15(21)22-2/h3-5,8-10H,6-7H2,1-2H3/t10-/m1/s1. The van der Waals surface area contributed by atoms with Gasteiger partial charge < -0.3 is 14.2 Å². The molecule has 1 aliphatic heterocycles. The molecule has 1 atom stereocenters. The van der Waals surface area contributed by atoms with Crippen LogP contribution in [0.3, 0.4) is 0 Å². The first kappa shape index (κ1) is 14.2. The first-order valence-corrected chi connectivity index (χ1v) is 6.99. The lowest BCUT2D eigenvalue weighted by molar-refractivity contribution is 0.0600. The van der Waals surface area contributed by atoms with Crippen LogP contribution in [0.15, 0.2) is 30.6 Å². The van der Waals surface area contributed by atoms with Crippen LogP contribution in [0.1, 0.15) is 39.5 Å². The Kier molecular flexibility index (Phi) is 3.62. The molecule has 22 heavy (non-hydrogen) atoms. The second-order valence-electron chi connectivity index (χ2n) is 5.13. The summed E-state index contributed by atoms with van der Waals surface area (Å²) in [6, 6.07) is 6.39. The molecular formula is C15H16N4O3. The molecule has 7 heteroatoms. The van der Waals surface area contributed by atoms with Crippen LogP contribution in [0.5, 0.6) is 0 Å². The SMILES string of the molecule is COC(=O)c1cccc(C(=O)N2CCn3cnnc3[C@H]2C)c1. The summed E-state index contributed by atoms with van der Waals surface area (Å²) < 4.78 is 6.63. The lowest BCUT2D eigenvalue weighted by atomic mass is 10.1. The Hall–Kier alpha value is -2.70. The normalized spacial score (nSPS) is 17.0. The predicted octanol–water partition coefficient (Wildman–Crippen LogP) is 1.28. The Labute approximate surface area is 127 Å². The molecule has 0 aliphatic carbocycles. The molecule has 0 spiro atoms. The lowest BCUT2D eigenvalue weighted by Crippen LogP contribution is -2.41. The molecule has 0 radical (unpaired) electrons. The van der Waals surface area contributed by atoms with E-state index in [-0.39, 0.29) is 11.9 Å². The van der Waals surface area contributed by atoms with Crippen LogP contribution < -0.4 is 0 Å². The highest BCUT2D eigenvalue weighted by Crippen LogP contribution is 2.24. The largest absolute Gasteiger partial charge is 0.465 e. The summed E-state index contributed by atoms with van der Waals surface area (Å²) in [5.41, 5.74) is 0.823. The van der Waals surface area contributed by atoms with E-state index in [4.69, 9.17) is 0 Å². The van der Waals surface area contributed by atoms with E-state index < -0.39 is 5.97 Å². The Morgan fingerprint density at radius 3 is 2.82 bits per heavy atom. The molecular weight excluding hydrogens is 284 g/mol. The van der Waals surface area contributed by atoms with E-state index in [0.29, 0.717) is 24.2 Å². The zero-order valence-corrected chi connectivity index (χ0v) is 12.4. The van der Waals surface area contributed by atoms with E-state index in [2.05, 4.69) is 14.9 Å². The Morgan fingerprint density at radius 1 is 1.27 bits per heavy atom. The summed E-state index contributed by atoms with van der Waals surface area (Å²) in [6.45, 7) is 3.16. The maximum atomic E-state index is 12.7. The first-order valence-electron chi connectivity index (χ1n) is 6.99. The van der Waals surface area contributed by atoms with Crippen LogP contribution in [-0.4, -0.2) is 45.2 Å². The van der Waals surface area contributed by atoms with Crippen LogP contribution in [0.4, 0.5) is 0 Å². The summed E-state index contributed by atoms with van der Waals surface area (Å²) in [4.78, 5) is 26.0. The molecule has 1 aromatic heterocycles. The number of aromatic nitrogens is 3. The van der Waals surface area contributed by atoms with Gasteiger partial charge in [-0.3, -0.25) is 4.79 Å². The van der Waals surface area contributed by atoms with Gasteiger partial charge in [-0.1, -0.05) is 6.07 Å². The molecule has 114 valence electrons. The van der Waals surface area contributed by atoms with Crippen LogP contribution in [0.2, 0.25) is 0 Å². The molecule has 0 unspecified atom stereocenters. The number of fused-ring (bicyclic) bond motifs is 1. The third-order valence-electron chi connectivity index (χ3n) is 3.86. The van der Waals surface area contributed by atoms with Gasteiger partial charge in [0.1, 0.15) is 6.33 Å². The average molecular weight is 300 g/mol. The third kappa shape index (κ3) is 2.34. The van der Waals surface area contributed by atoms with Crippen LogP contribution in [0, 0.1) is 0 Å². The number of hydrogen-bond donors (Lipinski definition) is 0. The fourth-order valence-corrected chi connectivity index (χ4v) is 2.65. The van der Waals surface area contributed by atoms with E-state index in [1.807, 2.05) is 11.5 Å². The van der Waals surface area contributed by atoms with Crippen molar-refractivity contribution in [2.45, 2.75) is 19.5 Å². The summed E-state index contributed by atoms with van der Waals surface area (Å²) >= 11 is 0. The highest BCUT2D eigenvalue weighted by Gasteiger charge is 2.30. The van der Waals surface area contributed by atoms with Gasteiger partial charge in [0.15, 0.2) is 5.82 Å². The molecule has 0 saturated heterocycles. The number of amides is 1. The average Bonchev–Trinajstić information content (AvgIpc) is 3.03. The van der Waals surface area contributed by atoms with E-state index >= 15 is 0 Å². The van der Waals surface area contributed by atoms with Crippen LogP contribution >= 0.6 is 0 Å². The molecule has 0 fully saturated rings. The van der Waals surface area contributed by atoms with Crippen molar-refractivity contribution in [3.05, 3.63) is 47.5 Å². The number of hydrogen-bond acceptors (Lipinski definition) is 5. The number of methoxy groups -OCH3 is 1. The Balaban J connectivity index is 1.87. The second-order valence-corrected chi connectivity index (χ2v) is 5.13. The molecule has 1 aliphatic rings. The Morgan fingerprint density at radius 2 is 2.05 bits per heavy atom. The van der Waals surface area contributed by atoms with Gasteiger partial charge >= 0.3 is 5.97 Å². The van der Waals surface area contributed by atoms with Crippen molar-refractivity contribution in [1.82, 2.24) is 19.7 Å². The number of carbonyl (C=O) groups is 2. The predicted molar refractivity (Wildman–Crippen MR) is 77.3 cm³/mol. The Bertz CT molecular complexity index is 725. The zero-order chi connectivity index (χ0) is 15.7. The number of ether oxygens (including phenoxy) is 1. The van der Waals surface area contributed by atoms with E-state index in [9.17, 15) is 9.59 Å². The third-order valence-corrected chi connectivity index (χ3v) is 3.86. The summed E-state index contributed by atoms with van der Waals surface area (Å²) in [5.74, 6) is 0.178. The van der Waals surface area contributed by atoms with Gasteiger partial charge in [-0.2, -0.15) is 0 Å². The fraction of sp³-hybridized carbons (Fsp3) is 0.333. The van der Waals surface area contributed by atoms with Gasteiger partial charge in [0.2, 0.25) is 0 Å². The smallest absolute Gasteiger partial charge is 0.337 e. The van der Waals surface area contributed by atoms with Crippen molar-refractivity contribution in [3.63, 3.8) is 0 Å². The second kappa shape index (κ2) is 5.59. The maximum Gasteiger partial charge on any atom is 0.337 e. The summed E-state index contributed by atoms with van der Waals surface area (Å²) in [5, 5.41) is 7.95. The highest BCUT2D eigenvalue weighted by molar-refractivity contribution is 5.98. The van der Waals surface area contributed by atoms with Gasteiger partial charge in [0.25, 0.3) is 5.91 Å². The van der Waals surface area contributed by atoms with Crippen molar-refractivity contribution in [1.29, 1.82) is 0 Å². The monoisotopic (exact) mass is 300 g/mol. The minimum Gasteiger partial charge on any atom is -0.465 e. The van der Waals surface area contributed by atoms with E-state index in [0.717, 1.165) is 5.82 Å². The molecule has 3 rings (SSSR count). The quantitative estimate of drug-likeness (QED) is 0.781. The number of benzene rings is 1. The summed E-state index contributed by atoms with van der Waals surface area (Å²) in [6.07, 6.45) is 1.67. The van der Waals surface area contributed by atoms with Gasteiger partial charge in [0, 0.05) is 18.7 Å². The van der Waals surface area contributed by atoms with Crippen molar-refractivity contribution in [3.8, 4) is 0 Å². The molecule has 0 saturated carbocycles. The molecule has 1 aromatic carbocycles. The minimum absolute atomic E-state index is 0.132.